The van der Waals surface area contributed by atoms with Crippen LogP contribution in [0.15, 0.2) is 48.7 Å². The van der Waals surface area contributed by atoms with Gasteiger partial charge in [-0.25, -0.2) is 27.2 Å². The van der Waals surface area contributed by atoms with Gasteiger partial charge in [0.2, 0.25) is 0 Å². The van der Waals surface area contributed by atoms with Gasteiger partial charge in [-0.05, 0) is 50.6 Å². The van der Waals surface area contributed by atoms with Gasteiger partial charge in [-0.2, -0.15) is 5.10 Å². The van der Waals surface area contributed by atoms with Crippen molar-refractivity contribution in [1.29, 1.82) is 0 Å². The molecule has 1 atom stereocenters. The molecule has 2 fully saturated rings. The van der Waals surface area contributed by atoms with Crippen LogP contribution in [0.4, 0.5) is 33.7 Å². The number of benzene rings is 2. The Morgan fingerprint density at radius 1 is 1.04 bits per heavy atom. The summed E-state index contributed by atoms with van der Waals surface area (Å²) in [6, 6.07) is 11.2. The highest BCUT2D eigenvalue weighted by Gasteiger charge is 2.43. The van der Waals surface area contributed by atoms with E-state index in [0.29, 0.717) is 42.5 Å². The van der Waals surface area contributed by atoms with Gasteiger partial charge in [-0.1, -0.05) is 29.8 Å². The molecule has 0 spiro atoms. The van der Waals surface area contributed by atoms with Crippen LogP contribution in [0, 0.1) is 0 Å². The number of aromatic nitrogens is 2. The van der Waals surface area contributed by atoms with Crippen molar-refractivity contribution >= 4 is 35.0 Å². The Morgan fingerprint density at radius 2 is 1.71 bits per heavy atom. The molecule has 5 rings (SSSR count). The molecule has 1 amide bonds. The van der Waals surface area contributed by atoms with E-state index in [9.17, 15) is 23.5 Å². The number of halogens is 5. The Kier molecular flexibility index (Phi) is 8.94. The number of aromatic carboxylic acids is 1. The molecule has 2 saturated heterocycles. The fourth-order valence-corrected chi connectivity index (χ4v) is 5.97. The maximum absolute atomic E-state index is 15.2. The van der Waals surface area contributed by atoms with Gasteiger partial charge in [0, 0.05) is 61.1 Å². The molecule has 2 aromatic carbocycles. The Morgan fingerprint density at radius 3 is 2.31 bits per heavy atom. The summed E-state index contributed by atoms with van der Waals surface area (Å²) in [6.45, 7) is 6.87. The van der Waals surface area contributed by atoms with E-state index in [1.807, 2.05) is 45.0 Å². The van der Waals surface area contributed by atoms with Gasteiger partial charge in [0.05, 0.1) is 18.8 Å². The summed E-state index contributed by atoms with van der Waals surface area (Å²) in [5.41, 5.74) is 0.443. The molecule has 242 valence electrons. The minimum absolute atomic E-state index is 0.122. The molecular weight excluding hydrogens is 618 g/mol. The first kappa shape index (κ1) is 32.4. The van der Waals surface area contributed by atoms with Crippen molar-refractivity contribution in [1.82, 2.24) is 14.7 Å². The zero-order valence-electron chi connectivity index (χ0n) is 25.0. The SMILES string of the molecule is CC(C)(C)OC(=O)N1CCN(c2ccc(-c3ccc(Cl)cc3N3CC(n4ncc(C(=O)O)c4C(F)F)CC(F)(F)C3)cc2)CC1. The monoisotopic (exact) mass is 651 g/mol. The highest BCUT2D eigenvalue weighted by atomic mass is 35.5. The molecule has 9 nitrogen and oxygen atoms in total. The van der Waals surface area contributed by atoms with Crippen molar-refractivity contribution in [3.63, 3.8) is 0 Å². The lowest BCUT2D eigenvalue weighted by atomic mass is 9.97. The first-order valence-electron chi connectivity index (χ1n) is 14.5. The second-order valence-electron chi connectivity index (χ2n) is 12.3. The van der Waals surface area contributed by atoms with E-state index in [1.165, 1.54) is 4.90 Å². The van der Waals surface area contributed by atoms with Gasteiger partial charge >= 0.3 is 12.1 Å². The van der Waals surface area contributed by atoms with Gasteiger partial charge in [-0.3, -0.25) is 4.68 Å². The predicted molar refractivity (Wildman–Crippen MR) is 162 cm³/mol. The van der Waals surface area contributed by atoms with Crippen LogP contribution in [0.2, 0.25) is 5.02 Å². The molecule has 1 N–H and O–H groups in total. The minimum Gasteiger partial charge on any atom is -0.478 e. The molecule has 1 aromatic heterocycles. The molecular formula is C31H34ClF4N5O4. The molecule has 3 heterocycles. The second-order valence-corrected chi connectivity index (χ2v) is 12.7. The van der Waals surface area contributed by atoms with Crippen LogP contribution in [-0.4, -0.2) is 82.6 Å². The first-order chi connectivity index (χ1) is 21.1. The lowest BCUT2D eigenvalue weighted by molar-refractivity contribution is -0.0298. The molecule has 14 heteroatoms. The Hall–Kier alpha value is -4.00. The van der Waals surface area contributed by atoms with Gasteiger partial charge in [0.1, 0.15) is 16.9 Å². The summed E-state index contributed by atoms with van der Waals surface area (Å²) in [6.07, 6.45) is -3.58. The fraction of sp³-hybridized carbons (Fsp3) is 0.452. The number of alkyl halides is 4. The highest BCUT2D eigenvalue weighted by Crippen LogP contribution is 2.42. The number of piperidine rings is 1. The van der Waals surface area contributed by atoms with Gasteiger partial charge in [0.25, 0.3) is 12.3 Å². The number of ether oxygens (including phenoxy) is 1. The van der Waals surface area contributed by atoms with Crippen molar-refractivity contribution in [2.24, 2.45) is 0 Å². The lowest BCUT2D eigenvalue weighted by Crippen LogP contribution is -2.50. The maximum atomic E-state index is 15.2. The second kappa shape index (κ2) is 12.4. The third-order valence-electron chi connectivity index (χ3n) is 7.78. The standard InChI is InChI=1S/C31H34ClF4N5O4/c1-30(2,3)45-29(44)39-12-10-38(11-13-39)21-7-4-19(5-8-21)23-9-6-20(32)14-25(23)40-17-22(15-31(35,36)18-40)41-26(27(33)34)24(16-37-41)28(42)43/h4-9,14,16,22,27H,10-13,15,17-18H2,1-3H3,(H,42,43). The molecule has 2 aliphatic rings. The average Bonchev–Trinajstić information content (AvgIpc) is 3.42. The number of nitrogens with zero attached hydrogens (tertiary/aromatic N) is 5. The summed E-state index contributed by atoms with van der Waals surface area (Å²) >= 11 is 6.31. The van der Waals surface area contributed by atoms with Crippen molar-refractivity contribution in [2.75, 3.05) is 49.1 Å². The third-order valence-corrected chi connectivity index (χ3v) is 8.01. The molecule has 0 bridgehead atoms. The van der Waals surface area contributed by atoms with E-state index in [-0.39, 0.29) is 12.6 Å². The normalized spacial score (nSPS) is 18.8. The molecule has 3 aromatic rings. The summed E-state index contributed by atoms with van der Waals surface area (Å²) in [7, 11) is 0. The van der Waals surface area contributed by atoms with Crippen LogP contribution < -0.4 is 9.80 Å². The summed E-state index contributed by atoms with van der Waals surface area (Å²) in [4.78, 5) is 29.1. The molecule has 0 radical (unpaired) electrons. The van der Waals surface area contributed by atoms with Crippen LogP contribution in [0.3, 0.4) is 0 Å². The summed E-state index contributed by atoms with van der Waals surface area (Å²) in [5.74, 6) is -4.90. The maximum Gasteiger partial charge on any atom is 0.410 e. The Bertz CT molecular complexity index is 1550. The number of carboxylic acids is 1. The minimum atomic E-state index is -3.29. The van der Waals surface area contributed by atoms with Crippen molar-refractivity contribution in [3.05, 3.63) is 64.9 Å². The van der Waals surface area contributed by atoms with E-state index in [0.717, 1.165) is 22.1 Å². The van der Waals surface area contributed by atoms with Crippen LogP contribution >= 0.6 is 11.6 Å². The zero-order chi connectivity index (χ0) is 32.7. The molecule has 2 aliphatic heterocycles. The van der Waals surface area contributed by atoms with Gasteiger partial charge in [-0.15, -0.1) is 0 Å². The van der Waals surface area contributed by atoms with E-state index in [2.05, 4.69) is 10.00 Å². The predicted octanol–water partition coefficient (Wildman–Crippen LogP) is 6.98. The van der Waals surface area contributed by atoms with Crippen molar-refractivity contribution < 1.29 is 37.0 Å². The number of amides is 1. The quantitative estimate of drug-likeness (QED) is 0.288. The Labute approximate surface area is 262 Å². The number of carboxylic acid groups (broad SMARTS) is 1. The summed E-state index contributed by atoms with van der Waals surface area (Å²) < 4.78 is 64.3. The van der Waals surface area contributed by atoms with Crippen LogP contribution in [0.25, 0.3) is 11.1 Å². The number of anilines is 2. The van der Waals surface area contributed by atoms with E-state index < -0.39 is 54.2 Å². The molecule has 0 aliphatic carbocycles. The lowest BCUT2D eigenvalue weighted by Gasteiger charge is -2.40. The molecule has 45 heavy (non-hydrogen) atoms. The van der Waals surface area contributed by atoms with Gasteiger partial charge in [0.15, 0.2) is 0 Å². The molecule has 1 unspecified atom stereocenters. The Balaban J connectivity index is 1.37. The largest absolute Gasteiger partial charge is 0.478 e. The number of carbonyl (C=O) groups is 2. The van der Waals surface area contributed by atoms with Crippen LogP contribution in [0.5, 0.6) is 0 Å². The zero-order valence-corrected chi connectivity index (χ0v) is 25.8. The molecule has 0 saturated carbocycles. The first-order valence-corrected chi connectivity index (χ1v) is 14.8. The number of carbonyl (C=O) groups excluding carboxylic acids is 1. The van der Waals surface area contributed by atoms with E-state index in [1.54, 1.807) is 23.1 Å². The van der Waals surface area contributed by atoms with Crippen LogP contribution in [-0.2, 0) is 4.74 Å². The summed E-state index contributed by atoms with van der Waals surface area (Å²) in [5, 5.41) is 13.4. The topological polar surface area (TPSA) is 91.1 Å². The number of piperazine rings is 1. The smallest absolute Gasteiger partial charge is 0.410 e. The average molecular weight is 652 g/mol. The number of hydrogen-bond acceptors (Lipinski definition) is 6. The van der Waals surface area contributed by atoms with Crippen LogP contribution in [0.1, 0.15) is 55.7 Å². The number of rotatable bonds is 6. The van der Waals surface area contributed by atoms with Crippen molar-refractivity contribution in [3.8, 4) is 11.1 Å². The number of hydrogen-bond donors (Lipinski definition) is 1. The fourth-order valence-electron chi connectivity index (χ4n) is 5.80. The van der Waals surface area contributed by atoms with E-state index >= 15 is 8.78 Å². The van der Waals surface area contributed by atoms with Crippen molar-refractivity contribution in [2.45, 2.75) is 51.2 Å². The van der Waals surface area contributed by atoms with E-state index in [4.69, 9.17) is 16.3 Å². The van der Waals surface area contributed by atoms with Gasteiger partial charge < -0.3 is 24.5 Å². The third kappa shape index (κ3) is 7.29. The highest BCUT2D eigenvalue weighted by molar-refractivity contribution is 6.31.